The van der Waals surface area contributed by atoms with Gasteiger partial charge in [0, 0.05) is 17.2 Å². The lowest BCUT2D eigenvalue weighted by atomic mass is 9.81. The third-order valence-corrected chi connectivity index (χ3v) is 4.54. The van der Waals surface area contributed by atoms with Crippen LogP contribution in [0.3, 0.4) is 0 Å². The van der Waals surface area contributed by atoms with Crippen molar-refractivity contribution < 1.29 is 4.79 Å². The van der Waals surface area contributed by atoms with Crippen molar-refractivity contribution in [2.24, 2.45) is 11.8 Å². The number of hydrogen-bond donors (Lipinski definition) is 2. The molecule has 0 saturated heterocycles. The van der Waals surface area contributed by atoms with Crippen LogP contribution in [0.15, 0.2) is 16.7 Å². The number of halogens is 1. The van der Waals surface area contributed by atoms with Crippen LogP contribution in [-0.2, 0) is 0 Å². The second kappa shape index (κ2) is 7.07. The lowest BCUT2D eigenvalue weighted by molar-refractivity contribution is 0.0950. The maximum absolute atomic E-state index is 12.1. The van der Waals surface area contributed by atoms with Gasteiger partial charge in [0.15, 0.2) is 0 Å². The zero-order valence-corrected chi connectivity index (χ0v) is 13.4. The number of nitrogens with one attached hydrogen (secondary N) is 1. The molecule has 1 aromatic rings. The van der Waals surface area contributed by atoms with Crippen molar-refractivity contribution in [1.29, 1.82) is 0 Å². The first-order valence-corrected chi connectivity index (χ1v) is 8.04. The van der Waals surface area contributed by atoms with Crippen molar-refractivity contribution in [1.82, 2.24) is 10.3 Å². The number of carbonyl (C=O) groups is 1. The molecule has 0 atom stereocenters. The maximum Gasteiger partial charge on any atom is 0.255 e. The third-order valence-electron chi connectivity index (χ3n) is 4.10. The van der Waals surface area contributed by atoms with Gasteiger partial charge < -0.3 is 11.1 Å². The minimum Gasteiger partial charge on any atom is -0.383 e. The number of nitrogen functional groups attached to an aromatic ring is 1. The summed E-state index contributed by atoms with van der Waals surface area (Å²) in [7, 11) is 0. The molecule has 4 nitrogen and oxygen atoms in total. The van der Waals surface area contributed by atoms with Crippen molar-refractivity contribution in [3.63, 3.8) is 0 Å². The molecule has 1 aliphatic carbocycles. The molecule has 0 bridgehead atoms. The van der Waals surface area contributed by atoms with Crippen LogP contribution in [0.4, 0.5) is 5.82 Å². The Hall–Kier alpha value is -1.10. The minimum absolute atomic E-state index is 0.138. The molecule has 1 heterocycles. The summed E-state index contributed by atoms with van der Waals surface area (Å²) in [6, 6.07) is 1.71. The number of rotatable bonds is 4. The van der Waals surface area contributed by atoms with Crippen molar-refractivity contribution >= 4 is 27.7 Å². The van der Waals surface area contributed by atoms with Gasteiger partial charge in [0.2, 0.25) is 0 Å². The lowest BCUT2D eigenvalue weighted by Gasteiger charge is -2.26. The quantitative estimate of drug-likeness (QED) is 0.883. The second-order valence-corrected chi connectivity index (χ2v) is 6.67. The smallest absolute Gasteiger partial charge is 0.255 e. The zero-order valence-electron chi connectivity index (χ0n) is 11.9. The van der Waals surface area contributed by atoms with Crippen LogP contribution in [0.25, 0.3) is 0 Å². The number of carbonyl (C=O) groups excluding carboxylic acids is 1. The van der Waals surface area contributed by atoms with Crippen LogP contribution in [-0.4, -0.2) is 17.4 Å². The van der Waals surface area contributed by atoms with Gasteiger partial charge in [0.1, 0.15) is 5.82 Å². The fraction of sp³-hybridized carbons (Fsp3) is 0.600. The van der Waals surface area contributed by atoms with Gasteiger partial charge in [-0.1, -0.05) is 32.6 Å². The van der Waals surface area contributed by atoms with E-state index in [1.165, 1.54) is 25.7 Å². The van der Waals surface area contributed by atoms with E-state index in [9.17, 15) is 4.79 Å². The molecule has 1 saturated carbocycles. The van der Waals surface area contributed by atoms with Gasteiger partial charge in [-0.05, 0) is 40.3 Å². The number of hydrogen-bond acceptors (Lipinski definition) is 3. The second-order valence-electron chi connectivity index (χ2n) is 5.76. The van der Waals surface area contributed by atoms with E-state index in [4.69, 9.17) is 5.73 Å². The minimum atomic E-state index is -0.138. The monoisotopic (exact) mass is 339 g/mol. The maximum atomic E-state index is 12.1. The number of nitrogens with zero attached hydrogens (tertiary/aromatic N) is 1. The van der Waals surface area contributed by atoms with Crippen LogP contribution in [0.2, 0.25) is 0 Å². The number of amides is 1. The summed E-state index contributed by atoms with van der Waals surface area (Å²) in [4.78, 5) is 16.0. The predicted octanol–water partition coefficient (Wildman–Crippen LogP) is 3.37. The Bertz CT molecular complexity index is 470. The van der Waals surface area contributed by atoms with Crippen molar-refractivity contribution in [3.8, 4) is 0 Å². The highest BCUT2D eigenvalue weighted by atomic mass is 79.9. The Kier molecular flexibility index (Phi) is 5.40. The lowest BCUT2D eigenvalue weighted by Crippen LogP contribution is -2.27. The van der Waals surface area contributed by atoms with E-state index < -0.39 is 0 Å². The molecule has 0 aliphatic heterocycles. The molecular formula is C15H22BrN3O. The van der Waals surface area contributed by atoms with Gasteiger partial charge in [-0.2, -0.15) is 0 Å². The molecule has 2 rings (SSSR count). The molecule has 0 unspecified atom stereocenters. The van der Waals surface area contributed by atoms with Gasteiger partial charge in [-0.3, -0.25) is 4.79 Å². The molecule has 1 amide bonds. The van der Waals surface area contributed by atoms with Crippen molar-refractivity contribution in [3.05, 3.63) is 22.3 Å². The van der Waals surface area contributed by atoms with Gasteiger partial charge in [0.25, 0.3) is 5.91 Å². The Morgan fingerprint density at radius 2 is 2.15 bits per heavy atom. The summed E-state index contributed by atoms with van der Waals surface area (Å²) in [5, 5.41) is 2.95. The number of pyridine rings is 1. The topological polar surface area (TPSA) is 68.0 Å². The Balaban J connectivity index is 1.79. The first kappa shape index (κ1) is 15.3. The van der Waals surface area contributed by atoms with E-state index in [1.807, 2.05) is 0 Å². The van der Waals surface area contributed by atoms with Gasteiger partial charge in [-0.15, -0.1) is 0 Å². The first-order valence-electron chi connectivity index (χ1n) is 7.25. The average Bonchev–Trinajstić information content (AvgIpc) is 2.43. The fourth-order valence-electron chi connectivity index (χ4n) is 2.73. The average molecular weight is 340 g/mol. The van der Waals surface area contributed by atoms with Gasteiger partial charge in [-0.25, -0.2) is 4.98 Å². The van der Waals surface area contributed by atoms with E-state index in [-0.39, 0.29) is 11.7 Å². The Morgan fingerprint density at radius 1 is 1.45 bits per heavy atom. The largest absolute Gasteiger partial charge is 0.383 e. The van der Waals surface area contributed by atoms with Crippen LogP contribution in [0, 0.1) is 11.8 Å². The summed E-state index contributed by atoms with van der Waals surface area (Å²) in [6.07, 6.45) is 7.87. The van der Waals surface area contributed by atoms with Crippen molar-refractivity contribution in [2.45, 2.75) is 39.0 Å². The summed E-state index contributed by atoms with van der Waals surface area (Å²) < 4.78 is 0.762. The SMILES string of the molecule is CC1CCC(CCNC(=O)c2cc(Br)cnc2N)CC1. The molecule has 1 fully saturated rings. The molecule has 1 aromatic heterocycles. The fourth-order valence-corrected chi connectivity index (χ4v) is 3.07. The van der Waals surface area contributed by atoms with E-state index in [1.54, 1.807) is 12.3 Å². The molecule has 20 heavy (non-hydrogen) atoms. The highest BCUT2D eigenvalue weighted by molar-refractivity contribution is 9.10. The molecule has 0 radical (unpaired) electrons. The molecule has 3 N–H and O–H groups in total. The van der Waals surface area contributed by atoms with E-state index in [2.05, 4.69) is 33.2 Å². The van der Waals surface area contributed by atoms with E-state index in [0.717, 1.165) is 22.7 Å². The highest BCUT2D eigenvalue weighted by Crippen LogP contribution is 2.29. The Labute approximate surface area is 128 Å². The third kappa shape index (κ3) is 4.20. The number of aromatic nitrogens is 1. The molecule has 0 aromatic carbocycles. The molecule has 5 heteroatoms. The summed E-state index contributed by atoms with van der Waals surface area (Å²) in [6.45, 7) is 3.03. The predicted molar refractivity (Wildman–Crippen MR) is 84.4 cm³/mol. The summed E-state index contributed by atoms with van der Waals surface area (Å²) >= 11 is 3.30. The van der Waals surface area contributed by atoms with Gasteiger partial charge in [0.05, 0.1) is 5.56 Å². The van der Waals surface area contributed by atoms with Gasteiger partial charge >= 0.3 is 0 Å². The highest BCUT2D eigenvalue weighted by Gasteiger charge is 2.18. The molecule has 0 spiro atoms. The van der Waals surface area contributed by atoms with Crippen LogP contribution in [0.5, 0.6) is 0 Å². The molecule has 1 aliphatic rings. The van der Waals surface area contributed by atoms with Crippen LogP contribution < -0.4 is 11.1 Å². The number of anilines is 1. The first-order chi connectivity index (χ1) is 9.56. The normalized spacial score (nSPS) is 22.5. The molecular weight excluding hydrogens is 318 g/mol. The van der Waals surface area contributed by atoms with Crippen molar-refractivity contribution in [2.75, 3.05) is 12.3 Å². The van der Waals surface area contributed by atoms with E-state index >= 15 is 0 Å². The van der Waals surface area contributed by atoms with E-state index in [0.29, 0.717) is 12.1 Å². The Morgan fingerprint density at radius 3 is 2.85 bits per heavy atom. The standard InChI is InChI=1S/C15H22BrN3O/c1-10-2-4-11(5-3-10)6-7-18-15(20)13-8-12(16)9-19-14(13)17/h8-11H,2-7H2,1H3,(H2,17,19)(H,18,20). The number of nitrogens with two attached hydrogens (primary N) is 1. The molecule has 110 valence electrons. The van der Waals surface area contributed by atoms with Crippen LogP contribution >= 0.6 is 15.9 Å². The summed E-state index contributed by atoms with van der Waals surface area (Å²) in [5.74, 6) is 1.76. The summed E-state index contributed by atoms with van der Waals surface area (Å²) in [5.41, 5.74) is 6.17. The van der Waals surface area contributed by atoms with Crippen LogP contribution in [0.1, 0.15) is 49.4 Å². The zero-order chi connectivity index (χ0) is 14.5.